The zero-order valence-electron chi connectivity index (χ0n) is 13.0. The maximum Gasteiger partial charge on any atom is 0.276 e. The molecule has 3 aromatic rings. The molecule has 1 heterocycles. The molecule has 0 unspecified atom stereocenters. The summed E-state index contributed by atoms with van der Waals surface area (Å²) in [4.78, 5) is 25.1. The minimum absolute atomic E-state index is 0.129. The van der Waals surface area contributed by atoms with Crippen LogP contribution < -0.4 is 10.9 Å². The maximum absolute atomic E-state index is 12.6. The number of carbonyl (C=O) groups excluding carboxylic acids is 1. The largest absolute Gasteiger partial charge is 0.321 e. The fourth-order valence-electron chi connectivity index (χ4n) is 2.44. The van der Waals surface area contributed by atoms with Crippen LogP contribution in [-0.2, 0) is 0 Å². The Kier molecular flexibility index (Phi) is 3.93. The topological polar surface area (TPSA) is 64.0 Å². The summed E-state index contributed by atoms with van der Waals surface area (Å²) in [7, 11) is 0. The van der Waals surface area contributed by atoms with Crippen LogP contribution in [0.15, 0.2) is 59.4 Å². The van der Waals surface area contributed by atoms with Crippen molar-refractivity contribution in [3.8, 4) is 0 Å². The summed E-state index contributed by atoms with van der Waals surface area (Å²) >= 11 is 0. The van der Waals surface area contributed by atoms with Crippen LogP contribution in [0.4, 0.5) is 5.69 Å². The number of nitrogens with one attached hydrogen (secondary N) is 1. The van der Waals surface area contributed by atoms with E-state index in [0.29, 0.717) is 16.5 Å². The van der Waals surface area contributed by atoms with Crippen LogP contribution in [0.25, 0.3) is 10.8 Å². The Morgan fingerprint density at radius 2 is 1.61 bits per heavy atom. The quantitative estimate of drug-likeness (QED) is 0.808. The van der Waals surface area contributed by atoms with Gasteiger partial charge in [-0.15, -0.1) is 0 Å². The van der Waals surface area contributed by atoms with Crippen molar-refractivity contribution in [2.24, 2.45) is 0 Å². The van der Waals surface area contributed by atoms with Crippen molar-refractivity contribution in [3.63, 3.8) is 0 Å². The smallest absolute Gasteiger partial charge is 0.276 e. The summed E-state index contributed by atoms with van der Waals surface area (Å²) < 4.78 is 1.35. The van der Waals surface area contributed by atoms with Crippen LogP contribution in [0, 0.1) is 0 Å². The van der Waals surface area contributed by atoms with E-state index in [4.69, 9.17) is 0 Å². The molecule has 0 fully saturated rings. The number of nitrogens with zero attached hydrogens (tertiary/aromatic N) is 2. The average molecular weight is 307 g/mol. The van der Waals surface area contributed by atoms with Crippen LogP contribution in [0.2, 0.25) is 0 Å². The Morgan fingerprint density at radius 3 is 2.26 bits per heavy atom. The van der Waals surface area contributed by atoms with Crippen LogP contribution in [-0.4, -0.2) is 15.7 Å². The van der Waals surface area contributed by atoms with Crippen molar-refractivity contribution < 1.29 is 4.79 Å². The zero-order valence-corrected chi connectivity index (χ0v) is 13.0. The summed E-state index contributed by atoms with van der Waals surface area (Å²) in [5.41, 5.74) is 0.746. The minimum Gasteiger partial charge on any atom is -0.321 e. The number of rotatable bonds is 3. The Labute approximate surface area is 133 Å². The van der Waals surface area contributed by atoms with Gasteiger partial charge in [0.15, 0.2) is 5.69 Å². The third-order valence-electron chi connectivity index (χ3n) is 3.56. The first-order valence-corrected chi connectivity index (χ1v) is 7.46. The van der Waals surface area contributed by atoms with Gasteiger partial charge in [0.25, 0.3) is 11.5 Å². The third kappa shape index (κ3) is 2.85. The molecule has 0 saturated heterocycles. The zero-order chi connectivity index (χ0) is 16.4. The molecule has 0 aliphatic heterocycles. The highest BCUT2D eigenvalue weighted by molar-refractivity contribution is 6.11. The van der Waals surface area contributed by atoms with Gasteiger partial charge in [-0.1, -0.05) is 36.4 Å². The van der Waals surface area contributed by atoms with E-state index in [2.05, 4.69) is 10.4 Å². The van der Waals surface area contributed by atoms with Gasteiger partial charge >= 0.3 is 0 Å². The van der Waals surface area contributed by atoms with Gasteiger partial charge in [0, 0.05) is 11.1 Å². The first kappa shape index (κ1) is 15.0. The van der Waals surface area contributed by atoms with Crippen molar-refractivity contribution in [1.82, 2.24) is 9.78 Å². The van der Waals surface area contributed by atoms with E-state index in [1.165, 1.54) is 4.68 Å². The first-order valence-electron chi connectivity index (χ1n) is 7.46. The van der Waals surface area contributed by atoms with Gasteiger partial charge in [-0.3, -0.25) is 9.59 Å². The molecule has 0 atom stereocenters. The molecule has 0 bridgehead atoms. The lowest BCUT2D eigenvalue weighted by molar-refractivity contribution is 0.102. The van der Waals surface area contributed by atoms with Gasteiger partial charge in [0.1, 0.15) is 0 Å². The van der Waals surface area contributed by atoms with Gasteiger partial charge in [-0.2, -0.15) is 5.10 Å². The Morgan fingerprint density at radius 1 is 1.00 bits per heavy atom. The lowest BCUT2D eigenvalue weighted by Crippen LogP contribution is -2.28. The number of amides is 1. The molecular formula is C18H17N3O2. The first-order chi connectivity index (χ1) is 11.1. The van der Waals surface area contributed by atoms with Crippen molar-refractivity contribution in [3.05, 3.63) is 70.6 Å². The van der Waals surface area contributed by atoms with Crippen LogP contribution >= 0.6 is 0 Å². The Bertz CT molecular complexity index is 914. The number of anilines is 1. The summed E-state index contributed by atoms with van der Waals surface area (Å²) in [6.07, 6.45) is 0. The summed E-state index contributed by atoms with van der Waals surface area (Å²) in [6.45, 7) is 3.73. The van der Waals surface area contributed by atoms with Crippen molar-refractivity contribution >= 4 is 22.4 Å². The number of fused-ring (bicyclic) bond motifs is 1. The Hall–Kier alpha value is -2.95. The number of hydrogen-bond donors (Lipinski definition) is 1. The molecule has 1 N–H and O–H groups in total. The number of para-hydroxylation sites is 1. The third-order valence-corrected chi connectivity index (χ3v) is 3.56. The van der Waals surface area contributed by atoms with Crippen LogP contribution in [0.5, 0.6) is 0 Å². The predicted molar refractivity (Wildman–Crippen MR) is 90.8 cm³/mol. The molecule has 0 spiro atoms. The standard InChI is InChI=1S/C18H17N3O2/c1-12(2)21-18(23)15-11-7-6-10-14(15)16(20-21)17(22)19-13-8-4-3-5-9-13/h3-12H,1-2H3,(H,19,22). The van der Waals surface area contributed by atoms with Crippen LogP contribution in [0.3, 0.4) is 0 Å². The van der Waals surface area contributed by atoms with Gasteiger partial charge in [-0.05, 0) is 32.0 Å². The van der Waals surface area contributed by atoms with Gasteiger partial charge in [-0.25, -0.2) is 4.68 Å². The molecule has 116 valence electrons. The highest BCUT2D eigenvalue weighted by Gasteiger charge is 2.17. The summed E-state index contributed by atoms with van der Waals surface area (Å²) in [5, 5.41) is 8.16. The number of carbonyl (C=O) groups is 1. The van der Waals surface area contributed by atoms with Gasteiger partial charge < -0.3 is 5.32 Å². The number of benzene rings is 2. The molecule has 5 nitrogen and oxygen atoms in total. The van der Waals surface area contributed by atoms with Crippen LogP contribution in [0.1, 0.15) is 30.4 Å². The summed E-state index contributed by atoms with van der Waals surface area (Å²) in [5.74, 6) is -0.332. The predicted octanol–water partition coefficient (Wildman–Crippen LogP) is 3.23. The second-order valence-corrected chi connectivity index (χ2v) is 5.56. The fraction of sp³-hybridized carbons (Fsp3) is 0.167. The van der Waals surface area contributed by atoms with Crippen molar-refractivity contribution in [1.29, 1.82) is 0 Å². The van der Waals surface area contributed by atoms with E-state index in [1.54, 1.807) is 36.4 Å². The molecule has 0 saturated carbocycles. The van der Waals surface area contributed by atoms with Crippen molar-refractivity contribution in [2.75, 3.05) is 5.32 Å². The Balaban J connectivity index is 2.14. The lowest BCUT2D eigenvalue weighted by Gasteiger charge is -2.13. The second kappa shape index (κ2) is 6.04. The molecule has 1 aromatic heterocycles. The highest BCUT2D eigenvalue weighted by atomic mass is 16.2. The molecule has 1 amide bonds. The number of hydrogen-bond acceptors (Lipinski definition) is 3. The van der Waals surface area contributed by atoms with E-state index in [0.717, 1.165) is 0 Å². The fourth-order valence-corrected chi connectivity index (χ4v) is 2.44. The van der Waals surface area contributed by atoms with Gasteiger partial charge in [0.2, 0.25) is 0 Å². The lowest BCUT2D eigenvalue weighted by atomic mass is 10.1. The molecule has 0 aliphatic carbocycles. The van der Waals surface area contributed by atoms with Gasteiger partial charge in [0.05, 0.1) is 11.4 Å². The molecule has 23 heavy (non-hydrogen) atoms. The van der Waals surface area contributed by atoms with E-state index < -0.39 is 0 Å². The summed E-state index contributed by atoms with van der Waals surface area (Å²) in [6, 6.07) is 16.1. The molecular weight excluding hydrogens is 290 g/mol. The average Bonchev–Trinajstić information content (AvgIpc) is 2.56. The van der Waals surface area contributed by atoms with Crippen molar-refractivity contribution in [2.45, 2.75) is 19.9 Å². The minimum atomic E-state index is -0.332. The maximum atomic E-state index is 12.6. The molecule has 2 aromatic carbocycles. The molecule has 5 heteroatoms. The molecule has 0 aliphatic rings. The second-order valence-electron chi connectivity index (χ2n) is 5.56. The van der Waals surface area contributed by atoms with E-state index >= 15 is 0 Å². The monoisotopic (exact) mass is 307 g/mol. The highest BCUT2D eigenvalue weighted by Crippen LogP contribution is 2.16. The molecule has 3 rings (SSSR count). The SMILES string of the molecule is CC(C)n1nc(C(=O)Nc2ccccc2)c2ccccc2c1=O. The van der Waals surface area contributed by atoms with E-state index in [1.807, 2.05) is 32.0 Å². The van der Waals surface area contributed by atoms with E-state index in [9.17, 15) is 9.59 Å². The molecule has 0 radical (unpaired) electrons. The number of aromatic nitrogens is 2. The normalized spacial score (nSPS) is 10.9. The van der Waals surface area contributed by atoms with E-state index in [-0.39, 0.29) is 23.2 Å².